The summed E-state index contributed by atoms with van der Waals surface area (Å²) in [6.07, 6.45) is 4.67. The molecule has 1 fully saturated rings. The van der Waals surface area contributed by atoms with Gasteiger partial charge in [0.25, 0.3) is 0 Å². The van der Waals surface area contributed by atoms with Gasteiger partial charge in [-0.1, -0.05) is 13.3 Å². The molecule has 4 nitrogen and oxygen atoms in total. The lowest BCUT2D eigenvalue weighted by Crippen LogP contribution is -2.22. The first-order chi connectivity index (χ1) is 8.76. The van der Waals surface area contributed by atoms with Crippen LogP contribution in [-0.2, 0) is 6.42 Å². The molecule has 0 saturated carbocycles. The van der Waals surface area contributed by atoms with Crippen LogP contribution in [-0.4, -0.2) is 29.6 Å². The second-order valence-electron chi connectivity index (χ2n) is 4.61. The first-order valence-electron chi connectivity index (χ1n) is 6.81. The topological polar surface area (TPSA) is 41.1 Å². The van der Waals surface area contributed by atoms with Crippen molar-refractivity contribution in [2.45, 2.75) is 39.5 Å². The summed E-state index contributed by atoms with van der Waals surface area (Å²) in [5.74, 6) is 1.91. The van der Waals surface area contributed by atoms with Gasteiger partial charge in [0.05, 0.1) is 9.26 Å². The van der Waals surface area contributed by atoms with Gasteiger partial charge in [-0.3, -0.25) is 0 Å². The maximum absolute atomic E-state index is 4.75. The van der Waals surface area contributed by atoms with Crippen molar-refractivity contribution in [3.8, 4) is 0 Å². The molecule has 0 aromatic carbocycles. The number of aromatic nitrogens is 2. The molecule has 1 aromatic heterocycles. The van der Waals surface area contributed by atoms with E-state index < -0.39 is 0 Å². The maximum Gasteiger partial charge on any atom is 0.227 e. The zero-order chi connectivity index (χ0) is 13.0. The van der Waals surface area contributed by atoms with Crippen molar-refractivity contribution in [2.75, 3.05) is 29.9 Å². The van der Waals surface area contributed by atoms with E-state index in [0.717, 1.165) is 44.2 Å². The Labute approximate surface area is 123 Å². The summed E-state index contributed by atoms with van der Waals surface area (Å²) in [5, 5.41) is 3.35. The summed E-state index contributed by atoms with van der Waals surface area (Å²) in [6.45, 7) is 7.39. The van der Waals surface area contributed by atoms with Gasteiger partial charge in [-0.2, -0.15) is 4.98 Å². The molecule has 1 N–H and O–H groups in total. The molecule has 100 valence electrons. The van der Waals surface area contributed by atoms with Crippen LogP contribution < -0.4 is 10.2 Å². The molecular formula is C13H21IN4. The number of hydrogen-bond acceptors (Lipinski definition) is 4. The zero-order valence-electron chi connectivity index (χ0n) is 11.2. The maximum atomic E-state index is 4.75. The molecule has 2 heterocycles. The van der Waals surface area contributed by atoms with E-state index in [1.54, 1.807) is 0 Å². The van der Waals surface area contributed by atoms with Crippen molar-refractivity contribution in [3.05, 3.63) is 9.26 Å². The molecule has 5 heteroatoms. The first-order valence-corrected chi connectivity index (χ1v) is 7.89. The van der Waals surface area contributed by atoms with Crippen molar-refractivity contribution in [2.24, 2.45) is 0 Å². The Hall–Kier alpha value is -0.590. The third kappa shape index (κ3) is 3.05. The number of nitrogens with one attached hydrogen (secondary N) is 1. The Morgan fingerprint density at radius 3 is 2.56 bits per heavy atom. The van der Waals surface area contributed by atoms with E-state index in [0.29, 0.717) is 0 Å². The highest BCUT2D eigenvalue weighted by atomic mass is 127. The minimum Gasteiger partial charge on any atom is -0.369 e. The summed E-state index contributed by atoms with van der Waals surface area (Å²) < 4.78 is 1.18. The minimum atomic E-state index is 0.901. The van der Waals surface area contributed by atoms with Crippen molar-refractivity contribution >= 4 is 34.4 Å². The Balaban J connectivity index is 2.33. The van der Waals surface area contributed by atoms with Crippen molar-refractivity contribution < 1.29 is 0 Å². The van der Waals surface area contributed by atoms with Gasteiger partial charge in [0, 0.05) is 19.6 Å². The molecule has 1 aliphatic rings. The average molecular weight is 360 g/mol. The van der Waals surface area contributed by atoms with Gasteiger partial charge in [-0.15, -0.1) is 0 Å². The molecule has 18 heavy (non-hydrogen) atoms. The van der Waals surface area contributed by atoms with Gasteiger partial charge >= 0.3 is 0 Å². The number of anilines is 2. The van der Waals surface area contributed by atoms with Crippen LogP contribution in [0.1, 0.15) is 38.8 Å². The van der Waals surface area contributed by atoms with E-state index in [4.69, 9.17) is 4.98 Å². The van der Waals surface area contributed by atoms with Gasteiger partial charge < -0.3 is 10.2 Å². The predicted octanol–water partition coefficient (Wildman–Crippen LogP) is 3.07. The van der Waals surface area contributed by atoms with E-state index in [-0.39, 0.29) is 0 Å². The van der Waals surface area contributed by atoms with Gasteiger partial charge in [-0.05, 0) is 48.8 Å². The van der Waals surface area contributed by atoms with Crippen LogP contribution in [0.15, 0.2) is 0 Å². The fraction of sp³-hybridized carbons (Fsp3) is 0.692. The van der Waals surface area contributed by atoms with Crippen molar-refractivity contribution in [1.29, 1.82) is 0 Å². The number of nitrogens with zero attached hydrogens (tertiary/aromatic N) is 3. The summed E-state index contributed by atoms with van der Waals surface area (Å²) in [4.78, 5) is 11.7. The van der Waals surface area contributed by atoms with E-state index in [2.05, 4.69) is 51.6 Å². The molecule has 1 aliphatic heterocycles. The van der Waals surface area contributed by atoms with Crippen LogP contribution >= 0.6 is 22.6 Å². The summed E-state index contributed by atoms with van der Waals surface area (Å²) in [7, 11) is 0. The molecule has 1 aromatic rings. The van der Waals surface area contributed by atoms with Crippen LogP contribution in [0.5, 0.6) is 0 Å². The summed E-state index contributed by atoms with van der Waals surface area (Å²) in [6, 6.07) is 0. The van der Waals surface area contributed by atoms with E-state index in [1.165, 1.54) is 22.1 Å². The lowest BCUT2D eigenvalue weighted by molar-refractivity contribution is 0.831. The number of rotatable bonds is 5. The second-order valence-corrected chi connectivity index (χ2v) is 5.69. The van der Waals surface area contributed by atoms with Crippen LogP contribution in [0.3, 0.4) is 0 Å². The number of halogens is 1. The fourth-order valence-corrected chi connectivity index (χ4v) is 2.93. The smallest absolute Gasteiger partial charge is 0.227 e. The van der Waals surface area contributed by atoms with Gasteiger partial charge in [0.1, 0.15) is 5.82 Å². The molecule has 0 amide bonds. The van der Waals surface area contributed by atoms with E-state index >= 15 is 0 Å². The lowest BCUT2D eigenvalue weighted by Gasteiger charge is -2.18. The van der Waals surface area contributed by atoms with Gasteiger partial charge in [-0.25, -0.2) is 4.98 Å². The SMILES string of the molecule is CCCc1nc(N2CCCC2)nc(NCC)c1I. The Morgan fingerprint density at radius 2 is 1.94 bits per heavy atom. The standard InChI is InChI=1S/C13H21IN4/c1-3-7-10-11(14)12(15-4-2)17-13(16-10)18-8-5-6-9-18/h3-9H2,1-2H3,(H,15,16,17). The molecule has 0 spiro atoms. The molecule has 0 unspecified atom stereocenters. The minimum absolute atomic E-state index is 0.901. The molecule has 1 saturated heterocycles. The van der Waals surface area contributed by atoms with Crippen molar-refractivity contribution in [1.82, 2.24) is 9.97 Å². The molecule has 0 aliphatic carbocycles. The lowest BCUT2D eigenvalue weighted by atomic mass is 10.2. The van der Waals surface area contributed by atoms with E-state index in [9.17, 15) is 0 Å². The van der Waals surface area contributed by atoms with Gasteiger partial charge in [0.15, 0.2) is 0 Å². The molecular weight excluding hydrogens is 339 g/mol. The van der Waals surface area contributed by atoms with Crippen LogP contribution in [0.25, 0.3) is 0 Å². The average Bonchev–Trinajstić information content (AvgIpc) is 2.88. The second kappa shape index (κ2) is 6.54. The molecule has 0 bridgehead atoms. The fourth-order valence-electron chi connectivity index (χ4n) is 2.23. The quantitative estimate of drug-likeness (QED) is 0.820. The third-order valence-electron chi connectivity index (χ3n) is 3.13. The van der Waals surface area contributed by atoms with E-state index in [1.807, 2.05) is 0 Å². The Morgan fingerprint density at radius 1 is 1.22 bits per heavy atom. The van der Waals surface area contributed by atoms with Crippen LogP contribution in [0.2, 0.25) is 0 Å². The third-order valence-corrected chi connectivity index (χ3v) is 4.26. The number of hydrogen-bond donors (Lipinski definition) is 1. The van der Waals surface area contributed by atoms with Crippen molar-refractivity contribution in [3.63, 3.8) is 0 Å². The summed E-state index contributed by atoms with van der Waals surface area (Å²) in [5.41, 5.74) is 1.19. The highest BCUT2D eigenvalue weighted by molar-refractivity contribution is 14.1. The molecule has 0 atom stereocenters. The zero-order valence-corrected chi connectivity index (χ0v) is 13.3. The monoisotopic (exact) mass is 360 g/mol. The highest BCUT2D eigenvalue weighted by Crippen LogP contribution is 2.25. The highest BCUT2D eigenvalue weighted by Gasteiger charge is 2.18. The number of aryl methyl sites for hydroxylation is 1. The van der Waals surface area contributed by atoms with Crippen LogP contribution in [0.4, 0.5) is 11.8 Å². The Kier molecular flexibility index (Phi) is 5.03. The normalized spacial score (nSPS) is 15.2. The largest absolute Gasteiger partial charge is 0.369 e. The van der Waals surface area contributed by atoms with Crippen LogP contribution in [0, 0.1) is 3.57 Å². The Bertz CT molecular complexity index is 375. The first kappa shape index (κ1) is 13.8. The van der Waals surface area contributed by atoms with Gasteiger partial charge in [0.2, 0.25) is 5.95 Å². The summed E-state index contributed by atoms with van der Waals surface area (Å²) >= 11 is 2.36. The molecule has 2 rings (SSSR count). The predicted molar refractivity (Wildman–Crippen MR) is 84.4 cm³/mol. The molecule has 0 radical (unpaired) electrons.